The number of amides is 1. The normalized spacial score (nSPS) is 12.1. The van der Waals surface area contributed by atoms with Crippen LogP contribution in [-0.4, -0.2) is 34.6 Å². The van der Waals surface area contributed by atoms with E-state index in [1.807, 2.05) is 13.8 Å². The van der Waals surface area contributed by atoms with Crippen molar-refractivity contribution >= 4 is 33.4 Å². The fourth-order valence-corrected chi connectivity index (χ4v) is 4.33. The molecule has 8 nitrogen and oxygen atoms in total. The number of aromatic nitrogens is 2. The number of carbonyl (C=O) groups is 2. The highest BCUT2D eigenvalue weighted by molar-refractivity contribution is 7.18. The third-order valence-corrected chi connectivity index (χ3v) is 6.18. The number of rotatable bonds is 8. The van der Waals surface area contributed by atoms with Crippen LogP contribution in [0.1, 0.15) is 42.3 Å². The number of hydrogen-bond donors (Lipinski definition) is 1. The van der Waals surface area contributed by atoms with E-state index in [-0.39, 0.29) is 24.6 Å². The number of nitrogens with one attached hydrogen (secondary N) is 1. The second-order valence-electron chi connectivity index (χ2n) is 7.78. The zero-order chi connectivity index (χ0) is 23.4. The first kappa shape index (κ1) is 23.5. The summed E-state index contributed by atoms with van der Waals surface area (Å²) in [5.41, 5.74) is 1.35. The molecule has 9 heteroatoms. The Labute approximate surface area is 190 Å². The molecule has 2 aromatic heterocycles. The molecule has 3 aromatic rings. The number of ether oxygens (including phenoxy) is 2. The molecule has 1 unspecified atom stereocenters. The summed E-state index contributed by atoms with van der Waals surface area (Å²) < 4.78 is 11.7. The predicted molar refractivity (Wildman–Crippen MR) is 123 cm³/mol. The van der Waals surface area contributed by atoms with Gasteiger partial charge in [0.1, 0.15) is 17.1 Å². The van der Waals surface area contributed by atoms with Crippen molar-refractivity contribution in [2.45, 2.75) is 52.8 Å². The van der Waals surface area contributed by atoms with Gasteiger partial charge >= 0.3 is 5.97 Å². The van der Waals surface area contributed by atoms with Crippen LogP contribution in [0.15, 0.2) is 35.4 Å². The molecule has 32 heavy (non-hydrogen) atoms. The van der Waals surface area contributed by atoms with Gasteiger partial charge < -0.3 is 14.8 Å². The second kappa shape index (κ2) is 9.95. The maximum Gasteiger partial charge on any atom is 0.308 e. The van der Waals surface area contributed by atoms with Crippen LogP contribution in [0, 0.1) is 13.8 Å². The van der Waals surface area contributed by atoms with E-state index < -0.39 is 17.9 Å². The van der Waals surface area contributed by atoms with Crippen LogP contribution in [0.4, 0.5) is 0 Å². The van der Waals surface area contributed by atoms with Crippen LogP contribution in [-0.2, 0) is 20.9 Å². The Hall–Kier alpha value is -3.20. The maximum absolute atomic E-state index is 12.9. The fourth-order valence-electron chi connectivity index (χ4n) is 3.34. The highest BCUT2D eigenvalue weighted by Crippen LogP contribution is 2.25. The summed E-state index contributed by atoms with van der Waals surface area (Å²) in [6, 6.07) is 6.46. The van der Waals surface area contributed by atoms with E-state index in [4.69, 9.17) is 9.47 Å². The smallest absolute Gasteiger partial charge is 0.308 e. The molecule has 0 fully saturated rings. The van der Waals surface area contributed by atoms with Crippen LogP contribution in [0.25, 0.3) is 10.2 Å². The van der Waals surface area contributed by atoms with E-state index in [0.29, 0.717) is 16.0 Å². The minimum absolute atomic E-state index is 0.0364. The zero-order valence-corrected chi connectivity index (χ0v) is 19.6. The lowest BCUT2D eigenvalue weighted by molar-refractivity contribution is -0.148. The van der Waals surface area contributed by atoms with Crippen molar-refractivity contribution in [3.8, 4) is 5.75 Å². The Morgan fingerprint density at radius 1 is 1.19 bits per heavy atom. The average molecular weight is 458 g/mol. The number of aryl methyl sites for hydroxylation is 2. The van der Waals surface area contributed by atoms with Crippen molar-refractivity contribution < 1.29 is 19.1 Å². The summed E-state index contributed by atoms with van der Waals surface area (Å²) in [5, 5.41) is 3.39. The molecule has 0 saturated heterocycles. The van der Waals surface area contributed by atoms with Crippen LogP contribution in [0.2, 0.25) is 0 Å². The van der Waals surface area contributed by atoms with Gasteiger partial charge in [0.2, 0.25) is 5.91 Å². The van der Waals surface area contributed by atoms with E-state index >= 15 is 0 Å². The van der Waals surface area contributed by atoms with Gasteiger partial charge in [0.15, 0.2) is 0 Å². The van der Waals surface area contributed by atoms with E-state index in [0.717, 1.165) is 16.0 Å². The maximum atomic E-state index is 12.9. The molecular weight excluding hydrogens is 430 g/mol. The quantitative estimate of drug-likeness (QED) is 0.521. The summed E-state index contributed by atoms with van der Waals surface area (Å²) in [4.78, 5) is 44.0. The van der Waals surface area contributed by atoms with Crippen molar-refractivity contribution in [3.63, 3.8) is 0 Å². The van der Waals surface area contributed by atoms with Gasteiger partial charge in [-0.25, -0.2) is 4.98 Å². The number of fused-ring (bicyclic) bond motifs is 1. The Morgan fingerprint density at radius 2 is 1.88 bits per heavy atom. The molecule has 0 aliphatic heterocycles. The standard InChI is InChI=1S/C23H27N3O5S/c1-13(2)31-20(28)10-18(16-6-8-17(30-5)9-7-16)25-19(27)11-26-12-24-22-21(23(26)29)14(3)15(4)32-22/h6-9,12-13,18H,10-11H2,1-5H3,(H,25,27). The molecule has 0 saturated carbocycles. The summed E-state index contributed by atoms with van der Waals surface area (Å²) in [5.74, 6) is -0.169. The summed E-state index contributed by atoms with van der Waals surface area (Å²) >= 11 is 1.46. The highest BCUT2D eigenvalue weighted by atomic mass is 32.1. The van der Waals surface area contributed by atoms with Crippen LogP contribution in [0.5, 0.6) is 5.75 Å². The average Bonchev–Trinajstić information content (AvgIpc) is 3.03. The lowest BCUT2D eigenvalue weighted by Gasteiger charge is -2.20. The molecule has 0 spiro atoms. The predicted octanol–water partition coefficient (Wildman–Crippen LogP) is 3.28. The molecule has 3 rings (SSSR count). The van der Waals surface area contributed by atoms with E-state index in [2.05, 4.69) is 10.3 Å². The molecule has 1 N–H and O–H groups in total. The van der Waals surface area contributed by atoms with Gasteiger partial charge in [-0.15, -0.1) is 11.3 Å². The SMILES string of the molecule is COc1ccc(C(CC(=O)OC(C)C)NC(=O)Cn2cnc3sc(C)c(C)c3c2=O)cc1. The van der Waals surface area contributed by atoms with Crippen LogP contribution in [0.3, 0.4) is 0 Å². The van der Waals surface area contributed by atoms with Gasteiger partial charge in [0.25, 0.3) is 5.56 Å². The zero-order valence-electron chi connectivity index (χ0n) is 18.8. The molecule has 0 aliphatic rings. The van der Waals surface area contributed by atoms with Crippen molar-refractivity contribution in [3.05, 3.63) is 57.0 Å². The van der Waals surface area contributed by atoms with Crippen molar-refractivity contribution in [2.24, 2.45) is 0 Å². The Morgan fingerprint density at radius 3 is 2.50 bits per heavy atom. The molecule has 170 valence electrons. The number of benzene rings is 1. The number of nitrogens with zero attached hydrogens (tertiary/aromatic N) is 2. The van der Waals surface area contributed by atoms with E-state index in [1.165, 1.54) is 22.2 Å². The van der Waals surface area contributed by atoms with Gasteiger partial charge in [-0.2, -0.15) is 0 Å². The van der Waals surface area contributed by atoms with Gasteiger partial charge in [0, 0.05) is 4.88 Å². The molecule has 1 atom stereocenters. The van der Waals surface area contributed by atoms with Crippen LogP contribution >= 0.6 is 11.3 Å². The summed E-state index contributed by atoms with van der Waals surface area (Å²) in [7, 11) is 1.56. The Balaban J connectivity index is 1.81. The van der Waals surface area contributed by atoms with Gasteiger partial charge in [-0.1, -0.05) is 12.1 Å². The minimum Gasteiger partial charge on any atom is -0.497 e. The van der Waals surface area contributed by atoms with Crippen LogP contribution < -0.4 is 15.6 Å². The second-order valence-corrected chi connectivity index (χ2v) is 8.98. The minimum atomic E-state index is -0.614. The first-order valence-electron chi connectivity index (χ1n) is 10.3. The summed E-state index contributed by atoms with van der Waals surface area (Å²) in [6.45, 7) is 7.14. The van der Waals surface area contributed by atoms with Gasteiger partial charge in [0.05, 0.1) is 37.4 Å². The number of esters is 1. The van der Waals surface area contributed by atoms with E-state index in [9.17, 15) is 14.4 Å². The topological polar surface area (TPSA) is 99.5 Å². The fraction of sp³-hybridized carbons (Fsp3) is 0.391. The number of methoxy groups -OCH3 is 1. The number of thiophene rings is 1. The monoisotopic (exact) mass is 457 g/mol. The highest BCUT2D eigenvalue weighted by Gasteiger charge is 2.21. The number of hydrogen-bond acceptors (Lipinski definition) is 7. The third kappa shape index (κ3) is 5.34. The lowest BCUT2D eigenvalue weighted by Crippen LogP contribution is -2.36. The van der Waals surface area contributed by atoms with E-state index in [1.54, 1.807) is 45.2 Å². The molecule has 0 bridgehead atoms. The Kier molecular flexibility index (Phi) is 7.29. The molecule has 0 aliphatic carbocycles. The first-order chi connectivity index (χ1) is 15.2. The summed E-state index contributed by atoms with van der Waals surface area (Å²) in [6.07, 6.45) is 1.09. The largest absolute Gasteiger partial charge is 0.497 e. The Bertz CT molecular complexity index is 1180. The van der Waals surface area contributed by atoms with Gasteiger partial charge in [-0.05, 0) is 51.0 Å². The first-order valence-corrected chi connectivity index (χ1v) is 11.1. The number of carbonyl (C=O) groups excluding carboxylic acids is 2. The third-order valence-electron chi connectivity index (χ3n) is 5.06. The molecule has 2 heterocycles. The molecule has 0 radical (unpaired) electrons. The van der Waals surface area contributed by atoms with Crippen molar-refractivity contribution in [1.82, 2.24) is 14.9 Å². The molecular formula is C23H27N3O5S. The van der Waals surface area contributed by atoms with Crippen molar-refractivity contribution in [2.75, 3.05) is 7.11 Å². The lowest BCUT2D eigenvalue weighted by atomic mass is 10.0. The molecule has 1 aromatic carbocycles. The molecule has 1 amide bonds. The van der Waals surface area contributed by atoms with Gasteiger partial charge in [-0.3, -0.25) is 19.0 Å². The van der Waals surface area contributed by atoms with Crippen molar-refractivity contribution in [1.29, 1.82) is 0 Å².